The second kappa shape index (κ2) is 8.75. The van der Waals surface area contributed by atoms with Crippen LogP contribution in [0.4, 0.5) is 8.78 Å². The van der Waals surface area contributed by atoms with E-state index >= 15 is 0 Å². The number of nitrogens with one attached hydrogen (secondary N) is 1. The van der Waals surface area contributed by atoms with E-state index in [0.717, 1.165) is 37.8 Å². The Hall–Kier alpha value is -2.77. The summed E-state index contributed by atoms with van der Waals surface area (Å²) in [5.41, 5.74) is -0.303. The number of benzene rings is 1. The summed E-state index contributed by atoms with van der Waals surface area (Å²) in [7, 11) is 0. The molecule has 1 aliphatic rings. The highest BCUT2D eigenvalue weighted by Crippen LogP contribution is 2.26. The fraction of sp³-hybridized carbons (Fsp3) is 0.421. The summed E-state index contributed by atoms with van der Waals surface area (Å²) >= 11 is 0. The van der Waals surface area contributed by atoms with Crippen LogP contribution in [0, 0.1) is 11.6 Å². The van der Waals surface area contributed by atoms with E-state index in [1.54, 1.807) is 0 Å². The van der Waals surface area contributed by atoms with E-state index in [9.17, 15) is 18.4 Å². The van der Waals surface area contributed by atoms with E-state index in [2.05, 4.69) is 10.3 Å². The number of carbonyl (C=O) groups excluding carboxylic acids is 2. The monoisotopic (exact) mass is 378 g/mol. The van der Waals surface area contributed by atoms with Gasteiger partial charge in [0.2, 0.25) is 0 Å². The summed E-state index contributed by atoms with van der Waals surface area (Å²) in [5.74, 6) is -2.31. The molecule has 3 rings (SSSR count). The molecule has 1 saturated carbocycles. The number of amides is 1. The highest BCUT2D eigenvalue weighted by Gasteiger charge is 2.19. The molecule has 1 amide bonds. The molecule has 144 valence electrons. The predicted octanol–water partition coefficient (Wildman–Crippen LogP) is 3.15. The fourth-order valence-corrected chi connectivity index (χ4v) is 3.04. The molecule has 0 aliphatic heterocycles. The standard InChI is InChI=1S/C19H20F2N2O4/c20-13-6-3-7-14(21)19(13)15-10-22-17(27-15)8-9-18(25)26-11-16(24)23-12-4-1-2-5-12/h3,6-7,10,12H,1-2,4-5,8-9,11H2,(H,23,24). The number of esters is 1. The smallest absolute Gasteiger partial charge is 0.306 e. The number of aromatic nitrogens is 1. The largest absolute Gasteiger partial charge is 0.456 e. The van der Waals surface area contributed by atoms with Crippen LogP contribution in [-0.4, -0.2) is 29.5 Å². The lowest BCUT2D eigenvalue weighted by Gasteiger charge is -2.11. The first-order chi connectivity index (χ1) is 13.0. The molecule has 0 radical (unpaired) electrons. The average Bonchev–Trinajstić information content (AvgIpc) is 3.30. The van der Waals surface area contributed by atoms with Crippen molar-refractivity contribution >= 4 is 11.9 Å². The zero-order valence-corrected chi connectivity index (χ0v) is 14.7. The van der Waals surface area contributed by atoms with Crippen LogP contribution in [0.2, 0.25) is 0 Å². The van der Waals surface area contributed by atoms with Gasteiger partial charge in [-0.3, -0.25) is 9.59 Å². The molecule has 1 heterocycles. The summed E-state index contributed by atoms with van der Waals surface area (Å²) in [6.45, 7) is -0.327. The lowest BCUT2D eigenvalue weighted by molar-refractivity contribution is -0.148. The van der Waals surface area contributed by atoms with Crippen molar-refractivity contribution in [2.45, 2.75) is 44.6 Å². The Morgan fingerprint density at radius 1 is 1.22 bits per heavy atom. The van der Waals surface area contributed by atoms with Crippen LogP contribution in [0.5, 0.6) is 0 Å². The van der Waals surface area contributed by atoms with Gasteiger partial charge in [0, 0.05) is 12.5 Å². The van der Waals surface area contributed by atoms with Crippen molar-refractivity contribution in [3.8, 4) is 11.3 Å². The number of halogens is 2. The molecular weight excluding hydrogens is 358 g/mol. The SMILES string of the molecule is O=C(COC(=O)CCc1ncc(-c2c(F)cccc2F)o1)NC1CCCC1. The maximum atomic E-state index is 13.7. The van der Waals surface area contributed by atoms with Crippen molar-refractivity contribution in [1.82, 2.24) is 10.3 Å². The van der Waals surface area contributed by atoms with E-state index in [1.807, 2.05) is 0 Å². The molecular formula is C19H20F2N2O4. The van der Waals surface area contributed by atoms with Crippen molar-refractivity contribution in [2.24, 2.45) is 0 Å². The van der Waals surface area contributed by atoms with Crippen molar-refractivity contribution < 1.29 is 27.5 Å². The Morgan fingerprint density at radius 3 is 2.63 bits per heavy atom. The topological polar surface area (TPSA) is 81.4 Å². The lowest BCUT2D eigenvalue weighted by Crippen LogP contribution is -2.35. The van der Waals surface area contributed by atoms with Gasteiger partial charge >= 0.3 is 5.97 Å². The van der Waals surface area contributed by atoms with Gasteiger partial charge in [-0.05, 0) is 25.0 Å². The zero-order chi connectivity index (χ0) is 19.2. The summed E-state index contributed by atoms with van der Waals surface area (Å²) in [4.78, 5) is 27.4. The summed E-state index contributed by atoms with van der Waals surface area (Å²) < 4.78 is 37.7. The van der Waals surface area contributed by atoms with Gasteiger partial charge in [-0.15, -0.1) is 0 Å². The molecule has 1 aromatic heterocycles. The number of rotatable bonds is 7. The second-order valence-corrected chi connectivity index (χ2v) is 6.42. The van der Waals surface area contributed by atoms with Crippen LogP contribution in [0.3, 0.4) is 0 Å². The molecule has 1 aliphatic carbocycles. The molecule has 0 unspecified atom stereocenters. The molecule has 1 N–H and O–H groups in total. The van der Waals surface area contributed by atoms with Gasteiger partial charge in [-0.25, -0.2) is 13.8 Å². The third-order valence-electron chi connectivity index (χ3n) is 4.39. The van der Waals surface area contributed by atoms with Gasteiger partial charge < -0.3 is 14.5 Å². The molecule has 2 aromatic rings. The number of hydrogen-bond donors (Lipinski definition) is 1. The molecule has 0 saturated heterocycles. The number of oxazole rings is 1. The molecule has 0 spiro atoms. The molecule has 1 aromatic carbocycles. The van der Waals surface area contributed by atoms with Crippen LogP contribution >= 0.6 is 0 Å². The van der Waals surface area contributed by atoms with Crippen molar-refractivity contribution in [3.63, 3.8) is 0 Å². The van der Waals surface area contributed by atoms with Crippen LogP contribution in [0.1, 0.15) is 38.0 Å². The van der Waals surface area contributed by atoms with E-state index in [4.69, 9.17) is 9.15 Å². The summed E-state index contributed by atoms with van der Waals surface area (Å²) in [6.07, 6.45) is 5.34. The van der Waals surface area contributed by atoms with Gasteiger partial charge in [-0.1, -0.05) is 18.9 Å². The van der Waals surface area contributed by atoms with Gasteiger partial charge in [0.15, 0.2) is 18.3 Å². The van der Waals surface area contributed by atoms with Crippen LogP contribution in [-0.2, 0) is 20.7 Å². The van der Waals surface area contributed by atoms with Crippen LogP contribution < -0.4 is 5.32 Å². The van der Waals surface area contributed by atoms with E-state index in [-0.39, 0.29) is 48.6 Å². The van der Waals surface area contributed by atoms with Gasteiger partial charge in [-0.2, -0.15) is 0 Å². The maximum absolute atomic E-state index is 13.7. The minimum Gasteiger partial charge on any atom is -0.456 e. The van der Waals surface area contributed by atoms with Crippen LogP contribution in [0.25, 0.3) is 11.3 Å². The first kappa shape index (κ1) is 19.0. The van der Waals surface area contributed by atoms with Crippen molar-refractivity contribution in [2.75, 3.05) is 6.61 Å². The second-order valence-electron chi connectivity index (χ2n) is 6.42. The average molecular weight is 378 g/mol. The van der Waals surface area contributed by atoms with E-state index < -0.39 is 17.6 Å². The van der Waals surface area contributed by atoms with E-state index in [0.29, 0.717) is 0 Å². The number of ether oxygens (including phenoxy) is 1. The minimum atomic E-state index is -0.759. The lowest BCUT2D eigenvalue weighted by atomic mass is 10.1. The normalized spacial score (nSPS) is 14.3. The molecule has 1 fully saturated rings. The zero-order valence-electron chi connectivity index (χ0n) is 14.7. The number of nitrogens with zero attached hydrogens (tertiary/aromatic N) is 1. The van der Waals surface area contributed by atoms with E-state index in [1.165, 1.54) is 12.3 Å². The highest BCUT2D eigenvalue weighted by molar-refractivity contribution is 5.80. The Bertz CT molecular complexity index is 796. The molecule has 6 nitrogen and oxygen atoms in total. The predicted molar refractivity (Wildman–Crippen MR) is 91.5 cm³/mol. The first-order valence-electron chi connectivity index (χ1n) is 8.87. The number of aryl methyl sites for hydroxylation is 1. The minimum absolute atomic E-state index is 0.0510. The van der Waals surface area contributed by atoms with Gasteiger partial charge in [0.1, 0.15) is 11.6 Å². The molecule has 27 heavy (non-hydrogen) atoms. The Balaban J connectivity index is 1.45. The summed E-state index contributed by atoms with van der Waals surface area (Å²) in [5, 5.41) is 2.82. The Kier molecular flexibility index (Phi) is 6.16. The quantitative estimate of drug-likeness (QED) is 0.749. The van der Waals surface area contributed by atoms with Crippen molar-refractivity contribution in [1.29, 1.82) is 0 Å². The Labute approximate surface area is 154 Å². The van der Waals surface area contributed by atoms with Gasteiger partial charge in [0.05, 0.1) is 18.2 Å². The van der Waals surface area contributed by atoms with Gasteiger partial charge in [0.25, 0.3) is 5.91 Å². The third kappa shape index (κ3) is 5.12. The van der Waals surface area contributed by atoms with Crippen molar-refractivity contribution in [3.05, 3.63) is 41.9 Å². The molecule has 0 bridgehead atoms. The highest BCUT2D eigenvalue weighted by atomic mass is 19.1. The molecule has 8 heteroatoms. The molecule has 0 atom stereocenters. The third-order valence-corrected chi connectivity index (χ3v) is 4.39. The Morgan fingerprint density at radius 2 is 1.93 bits per heavy atom. The number of hydrogen-bond acceptors (Lipinski definition) is 5. The first-order valence-corrected chi connectivity index (χ1v) is 8.87. The number of carbonyl (C=O) groups is 2. The maximum Gasteiger partial charge on any atom is 0.306 e. The summed E-state index contributed by atoms with van der Waals surface area (Å²) in [6, 6.07) is 3.66. The van der Waals surface area contributed by atoms with Crippen LogP contribution in [0.15, 0.2) is 28.8 Å². The fourth-order valence-electron chi connectivity index (χ4n) is 3.04.